The van der Waals surface area contributed by atoms with E-state index in [1.807, 2.05) is 0 Å². The van der Waals surface area contributed by atoms with Crippen molar-refractivity contribution < 1.29 is 33.8 Å². The highest BCUT2D eigenvalue weighted by Gasteiger charge is 2.34. The maximum atomic E-state index is 13.9. The van der Waals surface area contributed by atoms with E-state index in [0.29, 0.717) is 10.0 Å². The predicted octanol–water partition coefficient (Wildman–Crippen LogP) is 6.57. The van der Waals surface area contributed by atoms with Crippen LogP contribution in [0.3, 0.4) is 0 Å². The Bertz CT molecular complexity index is 1500. The summed E-state index contributed by atoms with van der Waals surface area (Å²) in [6.45, 7) is 0. The Morgan fingerprint density at radius 1 is 0.625 bits per heavy atom. The van der Waals surface area contributed by atoms with Gasteiger partial charge in [0, 0.05) is 16.4 Å². The molecular weight excluding hydrogens is 543 g/mol. The monoisotopic (exact) mass is 562 g/mol. The van der Waals surface area contributed by atoms with Crippen LogP contribution in [0.25, 0.3) is 0 Å². The number of carboxylic acids is 2. The average Bonchev–Trinajstić information content (AvgIpc) is 2.91. The molecule has 0 spiro atoms. The van der Waals surface area contributed by atoms with Crippen LogP contribution in [0.15, 0.2) is 97.1 Å². The van der Waals surface area contributed by atoms with E-state index >= 15 is 0 Å². The number of hydrogen-bond acceptors (Lipinski definition) is 4. The zero-order valence-electron chi connectivity index (χ0n) is 20.4. The van der Waals surface area contributed by atoms with Gasteiger partial charge in [-0.2, -0.15) is 10.0 Å². The highest BCUT2D eigenvalue weighted by atomic mass is 35.5. The summed E-state index contributed by atoms with van der Waals surface area (Å²) in [5, 5.41) is 26.4. The summed E-state index contributed by atoms with van der Waals surface area (Å²) in [4.78, 5) is 52.0. The van der Waals surface area contributed by atoms with Crippen LogP contribution in [0.2, 0.25) is 5.02 Å². The number of hydrazine groups is 1. The SMILES string of the molecule is O=C(O)c1ccccc1N(C(=O)Nc1cccc(F)c1)N(C(=O)Nc1cccc(Cl)c1)c1ccccc1C(=O)O. The lowest BCUT2D eigenvalue weighted by Crippen LogP contribution is -2.54. The van der Waals surface area contributed by atoms with Gasteiger partial charge in [-0.05, 0) is 60.7 Å². The maximum Gasteiger partial charge on any atom is 0.345 e. The van der Waals surface area contributed by atoms with Crippen molar-refractivity contribution in [1.82, 2.24) is 0 Å². The van der Waals surface area contributed by atoms with Crippen LogP contribution >= 0.6 is 11.6 Å². The van der Waals surface area contributed by atoms with Gasteiger partial charge in [0.1, 0.15) is 5.82 Å². The molecule has 4 N–H and O–H groups in total. The number of amides is 4. The number of rotatable bonds is 6. The highest BCUT2D eigenvalue weighted by Crippen LogP contribution is 2.31. The molecule has 4 aromatic rings. The Kier molecular flexibility index (Phi) is 8.26. The van der Waals surface area contributed by atoms with Gasteiger partial charge in [0.25, 0.3) is 0 Å². The summed E-state index contributed by atoms with van der Waals surface area (Å²) in [7, 11) is 0. The van der Waals surface area contributed by atoms with Crippen molar-refractivity contribution in [3.63, 3.8) is 0 Å². The van der Waals surface area contributed by atoms with Crippen LogP contribution in [-0.2, 0) is 0 Å². The molecule has 0 saturated carbocycles. The number of anilines is 4. The van der Waals surface area contributed by atoms with E-state index in [2.05, 4.69) is 10.6 Å². The fourth-order valence-electron chi connectivity index (χ4n) is 3.78. The molecule has 4 aromatic carbocycles. The highest BCUT2D eigenvalue weighted by molar-refractivity contribution is 6.31. The largest absolute Gasteiger partial charge is 0.478 e. The third-order valence-electron chi connectivity index (χ3n) is 5.46. The van der Waals surface area contributed by atoms with Gasteiger partial charge in [-0.1, -0.05) is 48.0 Å². The Labute approximate surface area is 231 Å². The van der Waals surface area contributed by atoms with E-state index in [-0.39, 0.29) is 38.9 Å². The second-order valence-corrected chi connectivity index (χ2v) is 8.59. The van der Waals surface area contributed by atoms with Crippen LogP contribution in [0.1, 0.15) is 20.7 Å². The third-order valence-corrected chi connectivity index (χ3v) is 5.70. The molecule has 0 fully saturated rings. The first-order valence-electron chi connectivity index (χ1n) is 11.5. The van der Waals surface area contributed by atoms with Crippen LogP contribution in [0, 0.1) is 5.82 Å². The molecule has 0 unspecified atom stereocenters. The Morgan fingerprint density at radius 2 is 1.07 bits per heavy atom. The van der Waals surface area contributed by atoms with Crippen molar-refractivity contribution in [2.75, 3.05) is 20.7 Å². The van der Waals surface area contributed by atoms with E-state index < -0.39 is 29.8 Å². The van der Waals surface area contributed by atoms with Gasteiger partial charge in [0.2, 0.25) is 0 Å². The molecule has 4 amide bonds. The van der Waals surface area contributed by atoms with E-state index in [0.717, 1.165) is 12.1 Å². The van der Waals surface area contributed by atoms with Crippen molar-refractivity contribution >= 4 is 58.4 Å². The molecule has 0 aliphatic heterocycles. The smallest absolute Gasteiger partial charge is 0.345 e. The molecule has 0 aliphatic carbocycles. The van der Waals surface area contributed by atoms with Crippen LogP contribution in [0.5, 0.6) is 0 Å². The number of nitrogens with zero attached hydrogens (tertiary/aromatic N) is 2. The standard InChI is InChI=1S/C28H20ClFN4O6/c29-17-7-5-9-19(15-17)31-27(39)33(23-13-3-1-11-21(23)25(35)36)34(24-14-4-2-12-22(24)26(37)38)28(40)32-20-10-6-8-18(30)16-20/h1-16H,(H,31,39)(H,32,40)(H,35,36)(H,37,38). The van der Waals surface area contributed by atoms with Gasteiger partial charge in [-0.25, -0.2) is 23.6 Å². The lowest BCUT2D eigenvalue weighted by Gasteiger charge is -2.35. The minimum atomic E-state index is -1.43. The van der Waals surface area contributed by atoms with Gasteiger partial charge in [0.05, 0.1) is 22.5 Å². The lowest BCUT2D eigenvalue weighted by molar-refractivity contribution is 0.0686. The summed E-state index contributed by atoms with van der Waals surface area (Å²) in [6.07, 6.45) is 0. The van der Waals surface area contributed by atoms with E-state index in [4.69, 9.17) is 11.6 Å². The summed E-state index contributed by atoms with van der Waals surface area (Å²) >= 11 is 6.05. The first-order valence-corrected chi connectivity index (χ1v) is 11.9. The van der Waals surface area contributed by atoms with Crippen molar-refractivity contribution in [2.24, 2.45) is 0 Å². The number of aromatic carboxylic acids is 2. The first kappa shape index (κ1) is 27.6. The van der Waals surface area contributed by atoms with Crippen molar-refractivity contribution in [2.45, 2.75) is 0 Å². The Morgan fingerprint density at radius 3 is 1.52 bits per heavy atom. The predicted molar refractivity (Wildman–Crippen MR) is 148 cm³/mol. The molecule has 0 aromatic heterocycles. The number of benzene rings is 4. The molecule has 0 heterocycles. The van der Waals surface area contributed by atoms with E-state index in [1.165, 1.54) is 72.8 Å². The molecule has 0 radical (unpaired) electrons. The van der Waals surface area contributed by atoms with E-state index in [9.17, 15) is 33.8 Å². The molecule has 0 saturated heterocycles. The molecular formula is C28H20ClFN4O6. The average molecular weight is 563 g/mol. The van der Waals surface area contributed by atoms with Gasteiger partial charge >= 0.3 is 24.0 Å². The number of carbonyl (C=O) groups is 4. The van der Waals surface area contributed by atoms with Gasteiger partial charge < -0.3 is 20.8 Å². The molecule has 202 valence electrons. The van der Waals surface area contributed by atoms with Crippen molar-refractivity contribution in [1.29, 1.82) is 0 Å². The zero-order chi connectivity index (χ0) is 28.8. The minimum absolute atomic E-state index is 0.00970. The Balaban J connectivity index is 1.94. The molecule has 4 rings (SSSR count). The summed E-state index contributed by atoms with van der Waals surface area (Å²) in [6, 6.07) is 19.5. The molecule has 12 heteroatoms. The van der Waals surface area contributed by atoms with Gasteiger partial charge in [-0.3, -0.25) is 0 Å². The van der Waals surface area contributed by atoms with Crippen molar-refractivity contribution in [3.05, 3.63) is 119 Å². The number of carboxylic acid groups (broad SMARTS) is 2. The molecule has 0 bridgehead atoms. The van der Waals surface area contributed by atoms with Crippen molar-refractivity contribution in [3.8, 4) is 0 Å². The molecule has 0 atom stereocenters. The maximum absolute atomic E-state index is 13.9. The molecule has 0 aliphatic rings. The normalized spacial score (nSPS) is 10.3. The second-order valence-electron chi connectivity index (χ2n) is 8.15. The van der Waals surface area contributed by atoms with Crippen LogP contribution in [0.4, 0.5) is 36.7 Å². The number of nitrogens with one attached hydrogen (secondary N) is 2. The fraction of sp³-hybridized carbons (Fsp3) is 0. The lowest BCUT2D eigenvalue weighted by atomic mass is 10.1. The van der Waals surface area contributed by atoms with Gasteiger partial charge in [-0.15, -0.1) is 0 Å². The summed E-state index contributed by atoms with van der Waals surface area (Å²) in [5.74, 6) is -3.52. The van der Waals surface area contributed by atoms with Gasteiger partial charge in [0.15, 0.2) is 0 Å². The third kappa shape index (κ3) is 6.17. The number of carbonyl (C=O) groups excluding carboxylic acids is 2. The zero-order valence-corrected chi connectivity index (χ0v) is 21.2. The number of para-hydroxylation sites is 2. The number of halogens is 2. The molecule has 10 nitrogen and oxygen atoms in total. The van der Waals surface area contributed by atoms with Crippen LogP contribution in [-0.4, -0.2) is 34.2 Å². The number of hydrogen-bond donors (Lipinski definition) is 4. The second kappa shape index (κ2) is 12.0. The number of urea groups is 2. The van der Waals surface area contributed by atoms with E-state index in [1.54, 1.807) is 12.1 Å². The summed E-state index contributed by atoms with van der Waals surface area (Å²) in [5.41, 5.74) is -1.13. The van der Waals surface area contributed by atoms with Crippen LogP contribution < -0.4 is 20.7 Å². The first-order chi connectivity index (χ1) is 19.2. The topological polar surface area (TPSA) is 139 Å². The minimum Gasteiger partial charge on any atom is -0.478 e. The Hall–Kier alpha value is -5.42. The summed E-state index contributed by atoms with van der Waals surface area (Å²) < 4.78 is 13.9. The quantitative estimate of drug-likeness (QED) is 0.196. The molecule has 40 heavy (non-hydrogen) atoms. The fourth-order valence-corrected chi connectivity index (χ4v) is 3.97.